The lowest BCUT2D eigenvalue weighted by atomic mass is 9.98. The molecule has 31 heavy (non-hydrogen) atoms. The lowest BCUT2D eigenvalue weighted by molar-refractivity contribution is -0.320. The van der Waals surface area contributed by atoms with Gasteiger partial charge < -0.3 is 23.7 Å². The number of hydrogen-bond acceptors (Lipinski definition) is 8. The van der Waals surface area contributed by atoms with Gasteiger partial charge in [0, 0.05) is 24.3 Å². The molecule has 164 valence electrons. The standard InChI is InChI=1S/C23H24O7S/c1-14(24)27-20-19-18(13-26-22(30-19)16-9-5-3-6-10-16)29-23(21(20)28-15(2)25)31-17-11-7-4-8-12-17/h3-12,18-23H,13H2,1-2H3/t18-,19-,20+,21-,22?,23+/m1/s1. The van der Waals surface area contributed by atoms with E-state index in [1.807, 2.05) is 60.7 Å². The van der Waals surface area contributed by atoms with E-state index < -0.39 is 48.1 Å². The number of carbonyl (C=O) groups is 2. The van der Waals surface area contributed by atoms with Crippen molar-refractivity contribution < 1.29 is 33.3 Å². The maximum absolute atomic E-state index is 11.9. The van der Waals surface area contributed by atoms with E-state index in [-0.39, 0.29) is 6.61 Å². The molecule has 0 aromatic heterocycles. The van der Waals surface area contributed by atoms with Crippen molar-refractivity contribution >= 4 is 23.7 Å². The number of rotatable bonds is 5. The first-order valence-electron chi connectivity index (χ1n) is 10.0. The molecule has 2 fully saturated rings. The van der Waals surface area contributed by atoms with E-state index in [1.54, 1.807) is 0 Å². The van der Waals surface area contributed by atoms with Crippen LogP contribution in [0.5, 0.6) is 0 Å². The minimum absolute atomic E-state index is 0.251. The third kappa shape index (κ3) is 5.27. The second kappa shape index (κ2) is 9.82. The summed E-state index contributed by atoms with van der Waals surface area (Å²) in [6.07, 6.45) is -3.46. The highest BCUT2D eigenvalue weighted by Crippen LogP contribution is 2.41. The molecule has 0 amide bonds. The maximum atomic E-state index is 11.9. The normalized spacial score (nSPS) is 30.1. The molecule has 2 heterocycles. The van der Waals surface area contributed by atoms with Crippen LogP contribution in [0.2, 0.25) is 0 Å². The highest BCUT2D eigenvalue weighted by molar-refractivity contribution is 7.99. The van der Waals surface area contributed by atoms with Gasteiger partial charge in [0.05, 0.1) is 6.61 Å². The summed E-state index contributed by atoms with van der Waals surface area (Å²) >= 11 is 1.40. The highest BCUT2D eigenvalue weighted by Gasteiger charge is 2.53. The number of ether oxygens (including phenoxy) is 5. The van der Waals surface area contributed by atoms with Gasteiger partial charge in [-0.25, -0.2) is 0 Å². The van der Waals surface area contributed by atoms with E-state index in [9.17, 15) is 9.59 Å². The molecule has 0 N–H and O–H groups in total. The third-order valence-corrected chi connectivity index (χ3v) is 6.11. The number of hydrogen-bond donors (Lipinski definition) is 0. The Bertz CT molecular complexity index is 891. The Morgan fingerprint density at radius 2 is 1.48 bits per heavy atom. The fraction of sp³-hybridized carbons (Fsp3) is 0.391. The summed E-state index contributed by atoms with van der Waals surface area (Å²) in [6, 6.07) is 19.1. The molecule has 2 aliphatic heterocycles. The van der Waals surface area contributed by atoms with Crippen LogP contribution in [0.25, 0.3) is 0 Å². The first-order valence-corrected chi connectivity index (χ1v) is 10.9. The van der Waals surface area contributed by atoms with Crippen LogP contribution >= 0.6 is 11.8 Å². The Morgan fingerprint density at radius 3 is 2.13 bits per heavy atom. The molecule has 0 bridgehead atoms. The fourth-order valence-corrected chi connectivity index (χ4v) is 4.82. The van der Waals surface area contributed by atoms with E-state index in [1.165, 1.54) is 25.6 Å². The van der Waals surface area contributed by atoms with Crippen molar-refractivity contribution in [2.45, 2.75) is 54.9 Å². The predicted molar refractivity (Wildman–Crippen MR) is 112 cm³/mol. The summed E-state index contributed by atoms with van der Waals surface area (Å²) in [5.41, 5.74) is 0.240. The fourth-order valence-electron chi connectivity index (χ4n) is 3.70. The van der Waals surface area contributed by atoms with Crippen molar-refractivity contribution in [3.63, 3.8) is 0 Å². The number of esters is 2. The second-order valence-corrected chi connectivity index (χ2v) is 8.47. The molecule has 7 nitrogen and oxygen atoms in total. The molecule has 4 rings (SSSR count). The van der Waals surface area contributed by atoms with Gasteiger partial charge in [-0.05, 0) is 12.1 Å². The first kappa shape index (κ1) is 21.8. The summed E-state index contributed by atoms with van der Waals surface area (Å²) in [5.74, 6) is -0.979. The van der Waals surface area contributed by atoms with Gasteiger partial charge in [-0.2, -0.15) is 0 Å². The molecule has 0 aliphatic carbocycles. The molecule has 1 unspecified atom stereocenters. The van der Waals surface area contributed by atoms with Crippen LogP contribution in [0, 0.1) is 0 Å². The number of thioether (sulfide) groups is 1. The molecule has 8 heteroatoms. The number of fused-ring (bicyclic) bond motifs is 1. The van der Waals surface area contributed by atoms with Crippen LogP contribution in [-0.2, 0) is 33.3 Å². The van der Waals surface area contributed by atoms with Crippen LogP contribution < -0.4 is 0 Å². The summed E-state index contributed by atoms with van der Waals surface area (Å²) in [4.78, 5) is 24.8. The maximum Gasteiger partial charge on any atom is 0.303 e. The third-order valence-electron chi connectivity index (χ3n) is 4.96. The topological polar surface area (TPSA) is 80.3 Å². The van der Waals surface area contributed by atoms with Crippen molar-refractivity contribution in [3.05, 3.63) is 66.2 Å². The quantitative estimate of drug-likeness (QED) is 0.649. The average Bonchev–Trinajstić information content (AvgIpc) is 2.76. The smallest absolute Gasteiger partial charge is 0.303 e. The molecule has 0 spiro atoms. The largest absolute Gasteiger partial charge is 0.456 e. The van der Waals surface area contributed by atoms with E-state index in [0.717, 1.165) is 10.5 Å². The van der Waals surface area contributed by atoms with Crippen molar-refractivity contribution in [2.75, 3.05) is 6.61 Å². The van der Waals surface area contributed by atoms with Crippen LogP contribution in [0.1, 0.15) is 25.7 Å². The van der Waals surface area contributed by atoms with Crippen LogP contribution in [-0.4, -0.2) is 48.4 Å². The Kier molecular flexibility index (Phi) is 6.92. The van der Waals surface area contributed by atoms with Gasteiger partial charge >= 0.3 is 11.9 Å². The predicted octanol–water partition coefficient (Wildman–Crippen LogP) is 3.48. The monoisotopic (exact) mass is 444 g/mol. The van der Waals surface area contributed by atoms with Gasteiger partial charge in [0.25, 0.3) is 0 Å². The van der Waals surface area contributed by atoms with Crippen LogP contribution in [0.15, 0.2) is 65.6 Å². The minimum atomic E-state index is -0.845. The lowest BCUT2D eigenvalue weighted by Crippen LogP contribution is -2.63. The van der Waals surface area contributed by atoms with E-state index in [4.69, 9.17) is 23.7 Å². The molecule has 0 radical (unpaired) electrons. The molecule has 6 atom stereocenters. The minimum Gasteiger partial charge on any atom is -0.456 e. The summed E-state index contributed by atoms with van der Waals surface area (Å²) in [5, 5.41) is 0. The van der Waals surface area contributed by atoms with Crippen molar-refractivity contribution in [1.82, 2.24) is 0 Å². The second-order valence-electron chi connectivity index (χ2n) is 7.30. The Hall–Kier alpha value is -2.39. The van der Waals surface area contributed by atoms with E-state index in [0.29, 0.717) is 0 Å². The molecule has 2 aliphatic rings. The SMILES string of the molecule is CC(=O)O[C@@H]1[C@@H](OC(C)=O)[C@H](Sc2ccccc2)O[C@@H]2COC(c3ccccc3)O[C@@H]12. The van der Waals surface area contributed by atoms with E-state index in [2.05, 4.69) is 0 Å². The van der Waals surface area contributed by atoms with Gasteiger partial charge in [0.15, 0.2) is 18.5 Å². The average molecular weight is 445 g/mol. The van der Waals surface area contributed by atoms with Gasteiger partial charge in [0.2, 0.25) is 0 Å². The zero-order valence-corrected chi connectivity index (χ0v) is 18.0. The molecule has 2 saturated heterocycles. The van der Waals surface area contributed by atoms with Crippen LogP contribution in [0.4, 0.5) is 0 Å². The first-order chi connectivity index (χ1) is 15.0. The summed E-state index contributed by atoms with van der Waals surface area (Å²) in [6.45, 7) is 2.89. The van der Waals surface area contributed by atoms with Gasteiger partial charge in [-0.15, -0.1) is 0 Å². The van der Waals surface area contributed by atoms with Gasteiger partial charge in [-0.1, -0.05) is 60.3 Å². The van der Waals surface area contributed by atoms with Gasteiger partial charge in [0.1, 0.15) is 17.6 Å². The zero-order valence-electron chi connectivity index (χ0n) is 17.2. The summed E-state index contributed by atoms with van der Waals surface area (Å²) < 4.78 is 29.6. The molecule has 2 aromatic carbocycles. The van der Waals surface area contributed by atoms with Crippen molar-refractivity contribution in [2.24, 2.45) is 0 Å². The lowest BCUT2D eigenvalue weighted by Gasteiger charge is -2.48. The summed E-state index contributed by atoms with van der Waals surface area (Å²) in [7, 11) is 0. The zero-order chi connectivity index (χ0) is 21.8. The van der Waals surface area contributed by atoms with Crippen molar-refractivity contribution in [3.8, 4) is 0 Å². The molecular weight excluding hydrogens is 420 g/mol. The highest BCUT2D eigenvalue weighted by atomic mass is 32.2. The van der Waals surface area contributed by atoms with Crippen LogP contribution in [0.3, 0.4) is 0 Å². The van der Waals surface area contributed by atoms with Gasteiger partial charge in [-0.3, -0.25) is 9.59 Å². The molecular formula is C23H24O7S. The van der Waals surface area contributed by atoms with Crippen molar-refractivity contribution in [1.29, 1.82) is 0 Å². The number of carbonyl (C=O) groups excluding carboxylic acids is 2. The molecule has 0 saturated carbocycles. The van der Waals surface area contributed by atoms with E-state index >= 15 is 0 Å². The Morgan fingerprint density at radius 1 is 0.871 bits per heavy atom. The number of benzene rings is 2. The molecule has 2 aromatic rings. The Labute approximate surface area is 185 Å². The Balaban J connectivity index is 1.62.